The van der Waals surface area contributed by atoms with Crippen molar-refractivity contribution < 1.29 is 4.42 Å². The summed E-state index contributed by atoms with van der Waals surface area (Å²) < 4.78 is 6.75. The summed E-state index contributed by atoms with van der Waals surface area (Å²) in [7, 11) is 0. The molecule has 5 nitrogen and oxygen atoms in total. The lowest BCUT2D eigenvalue weighted by Gasteiger charge is -1.95. The molecule has 6 heteroatoms. The van der Waals surface area contributed by atoms with Crippen molar-refractivity contribution >= 4 is 11.6 Å². The first-order chi connectivity index (χ1) is 6.79. The van der Waals surface area contributed by atoms with Gasteiger partial charge in [-0.3, -0.25) is 0 Å². The Bertz CT molecular complexity index is 422. The van der Waals surface area contributed by atoms with Crippen molar-refractivity contribution in [1.82, 2.24) is 20.0 Å². The summed E-state index contributed by atoms with van der Waals surface area (Å²) in [6.07, 6.45) is 3.21. The summed E-state index contributed by atoms with van der Waals surface area (Å²) in [6, 6.07) is 0. The molecule has 2 aromatic rings. The van der Waals surface area contributed by atoms with Crippen LogP contribution in [0.15, 0.2) is 17.0 Å². The molecule has 2 heterocycles. The minimum atomic E-state index is 0.373. The lowest BCUT2D eigenvalue weighted by Crippen LogP contribution is -2.01. The molecule has 2 aromatic heterocycles. The topological polar surface area (TPSA) is 56.7 Å². The van der Waals surface area contributed by atoms with E-state index in [1.165, 1.54) is 6.39 Å². The molecule has 2 rings (SSSR count). The average molecular weight is 213 g/mol. The quantitative estimate of drug-likeness (QED) is 0.721. The Morgan fingerprint density at radius 1 is 1.57 bits per heavy atom. The van der Waals surface area contributed by atoms with Crippen LogP contribution in [0, 0.1) is 6.92 Å². The summed E-state index contributed by atoms with van der Waals surface area (Å²) in [4.78, 5) is 4.06. The highest BCUT2D eigenvalue weighted by molar-refractivity contribution is 6.16. The molecule has 0 atom stereocenters. The van der Waals surface area contributed by atoms with Gasteiger partial charge in [0, 0.05) is 0 Å². The molecule has 0 aliphatic heterocycles. The van der Waals surface area contributed by atoms with Gasteiger partial charge in [0.2, 0.25) is 0 Å². The number of hydrogen-bond acceptors (Lipinski definition) is 4. The van der Waals surface area contributed by atoms with E-state index in [0.29, 0.717) is 12.4 Å². The molecule has 0 radical (unpaired) electrons. The number of rotatable bonds is 3. The maximum absolute atomic E-state index is 5.60. The zero-order valence-corrected chi connectivity index (χ0v) is 8.40. The zero-order valence-electron chi connectivity index (χ0n) is 7.64. The van der Waals surface area contributed by atoms with Crippen LogP contribution in [0.4, 0.5) is 0 Å². The second kappa shape index (κ2) is 3.79. The summed E-state index contributed by atoms with van der Waals surface area (Å²) in [5.74, 6) is 1.17. The molecule has 14 heavy (non-hydrogen) atoms. The summed E-state index contributed by atoms with van der Waals surface area (Å²) >= 11 is 5.60. The third-order valence-electron chi connectivity index (χ3n) is 1.88. The van der Waals surface area contributed by atoms with Gasteiger partial charge in [-0.1, -0.05) is 5.21 Å². The van der Waals surface area contributed by atoms with E-state index >= 15 is 0 Å². The summed E-state index contributed by atoms with van der Waals surface area (Å²) in [6.45, 7) is 2.42. The minimum absolute atomic E-state index is 0.373. The number of aryl methyl sites for hydroxylation is 1. The third kappa shape index (κ3) is 1.77. The summed E-state index contributed by atoms with van der Waals surface area (Å²) in [5.41, 5.74) is 1.61. The number of aromatic nitrogens is 4. The highest BCUT2D eigenvalue weighted by Crippen LogP contribution is 2.06. The fourth-order valence-electron chi connectivity index (χ4n) is 1.11. The van der Waals surface area contributed by atoms with Gasteiger partial charge in [0.15, 0.2) is 6.39 Å². The molecular formula is C8H9ClN4O. The Balaban J connectivity index is 2.15. The van der Waals surface area contributed by atoms with Crippen LogP contribution in [0.25, 0.3) is 0 Å². The standard InChI is InChI=1S/C8H9ClN4O/c1-6-8(10-5-14-6)4-13-3-7(2-9)11-12-13/h3,5H,2,4H2,1H3. The largest absolute Gasteiger partial charge is 0.448 e. The Morgan fingerprint density at radius 2 is 2.43 bits per heavy atom. The Hall–Kier alpha value is -1.36. The smallest absolute Gasteiger partial charge is 0.181 e. The first-order valence-electron chi connectivity index (χ1n) is 4.13. The van der Waals surface area contributed by atoms with Crippen LogP contribution in [0.1, 0.15) is 17.1 Å². The molecule has 74 valence electrons. The molecule has 0 saturated heterocycles. The predicted molar refractivity (Wildman–Crippen MR) is 49.9 cm³/mol. The second-order valence-corrected chi connectivity index (χ2v) is 3.16. The lowest BCUT2D eigenvalue weighted by atomic mass is 10.3. The van der Waals surface area contributed by atoms with Crippen molar-refractivity contribution in [2.45, 2.75) is 19.3 Å². The molecule has 0 bridgehead atoms. The van der Waals surface area contributed by atoms with Gasteiger partial charge in [-0.15, -0.1) is 16.7 Å². The van der Waals surface area contributed by atoms with Crippen LogP contribution < -0.4 is 0 Å². The molecule has 0 saturated carbocycles. The van der Waals surface area contributed by atoms with Gasteiger partial charge in [-0.05, 0) is 6.92 Å². The monoisotopic (exact) mass is 212 g/mol. The van der Waals surface area contributed by atoms with E-state index in [9.17, 15) is 0 Å². The minimum Gasteiger partial charge on any atom is -0.448 e. The number of nitrogens with zero attached hydrogens (tertiary/aromatic N) is 4. The van der Waals surface area contributed by atoms with E-state index in [4.69, 9.17) is 16.0 Å². The normalized spacial score (nSPS) is 10.7. The fraction of sp³-hybridized carbons (Fsp3) is 0.375. The van der Waals surface area contributed by atoms with Gasteiger partial charge in [-0.25, -0.2) is 9.67 Å². The van der Waals surface area contributed by atoms with Crippen LogP contribution >= 0.6 is 11.6 Å². The van der Waals surface area contributed by atoms with Gasteiger partial charge in [0.1, 0.15) is 11.5 Å². The lowest BCUT2D eigenvalue weighted by molar-refractivity contribution is 0.521. The first kappa shape index (κ1) is 9.21. The third-order valence-corrected chi connectivity index (χ3v) is 2.15. The summed E-state index contributed by atoms with van der Waals surface area (Å²) in [5, 5.41) is 7.77. The van der Waals surface area contributed by atoms with Crippen molar-refractivity contribution in [2.24, 2.45) is 0 Å². The Morgan fingerprint density at radius 3 is 3.00 bits per heavy atom. The van der Waals surface area contributed by atoms with Crippen LogP contribution in [0.5, 0.6) is 0 Å². The van der Waals surface area contributed by atoms with E-state index in [2.05, 4.69) is 15.3 Å². The Labute approximate surface area is 85.7 Å². The van der Waals surface area contributed by atoms with Crippen molar-refractivity contribution in [3.63, 3.8) is 0 Å². The molecule has 0 aliphatic carbocycles. The fourth-order valence-corrected chi connectivity index (χ4v) is 1.23. The van der Waals surface area contributed by atoms with Crippen molar-refractivity contribution in [3.8, 4) is 0 Å². The highest BCUT2D eigenvalue weighted by Gasteiger charge is 2.05. The first-order valence-corrected chi connectivity index (χ1v) is 4.67. The maximum atomic E-state index is 5.60. The average Bonchev–Trinajstić information content (AvgIpc) is 2.77. The highest BCUT2D eigenvalue weighted by atomic mass is 35.5. The van der Waals surface area contributed by atoms with Gasteiger partial charge in [0.25, 0.3) is 0 Å². The van der Waals surface area contributed by atoms with E-state index < -0.39 is 0 Å². The van der Waals surface area contributed by atoms with E-state index in [0.717, 1.165) is 17.1 Å². The van der Waals surface area contributed by atoms with Crippen LogP contribution in [-0.2, 0) is 12.4 Å². The van der Waals surface area contributed by atoms with Crippen LogP contribution in [0.3, 0.4) is 0 Å². The van der Waals surface area contributed by atoms with Gasteiger partial charge in [-0.2, -0.15) is 0 Å². The van der Waals surface area contributed by atoms with Gasteiger partial charge in [0.05, 0.1) is 24.3 Å². The van der Waals surface area contributed by atoms with Gasteiger partial charge < -0.3 is 4.42 Å². The molecule has 0 amide bonds. The number of hydrogen-bond donors (Lipinski definition) is 0. The molecule has 0 unspecified atom stereocenters. The van der Waals surface area contributed by atoms with Gasteiger partial charge >= 0.3 is 0 Å². The van der Waals surface area contributed by atoms with Crippen molar-refractivity contribution in [1.29, 1.82) is 0 Å². The van der Waals surface area contributed by atoms with Crippen LogP contribution in [0.2, 0.25) is 0 Å². The predicted octanol–water partition coefficient (Wildman–Crippen LogP) is 1.36. The Kier molecular flexibility index (Phi) is 2.49. The number of alkyl halides is 1. The van der Waals surface area contributed by atoms with E-state index in [1.807, 2.05) is 6.92 Å². The molecule has 0 aromatic carbocycles. The maximum Gasteiger partial charge on any atom is 0.181 e. The SMILES string of the molecule is Cc1ocnc1Cn1cc(CCl)nn1. The van der Waals surface area contributed by atoms with Crippen molar-refractivity contribution in [3.05, 3.63) is 29.7 Å². The molecular weight excluding hydrogens is 204 g/mol. The molecule has 0 aliphatic rings. The number of halogens is 1. The van der Waals surface area contributed by atoms with Crippen molar-refractivity contribution in [2.75, 3.05) is 0 Å². The van der Waals surface area contributed by atoms with Crippen LogP contribution in [-0.4, -0.2) is 20.0 Å². The van der Waals surface area contributed by atoms with E-state index in [-0.39, 0.29) is 0 Å². The molecule has 0 fully saturated rings. The number of oxazole rings is 1. The second-order valence-electron chi connectivity index (χ2n) is 2.90. The van der Waals surface area contributed by atoms with E-state index in [1.54, 1.807) is 10.9 Å². The molecule has 0 spiro atoms. The molecule has 0 N–H and O–H groups in total. The zero-order chi connectivity index (χ0) is 9.97.